The number of carboxylic acid groups (broad SMARTS) is 1. The van der Waals surface area contributed by atoms with Gasteiger partial charge in [0.25, 0.3) is 0 Å². The van der Waals surface area contributed by atoms with Crippen molar-refractivity contribution in [3.8, 4) is 0 Å². The molecule has 1 heterocycles. The molecular weight excluding hydrogens is 333 g/mol. The summed E-state index contributed by atoms with van der Waals surface area (Å²) < 4.78 is 14.2. The summed E-state index contributed by atoms with van der Waals surface area (Å²) in [5.41, 5.74) is -0.792. The first-order valence-electron chi connectivity index (χ1n) is 8.15. The number of piperidine rings is 1. The van der Waals surface area contributed by atoms with Crippen LogP contribution in [0, 0.1) is 17.2 Å². The highest BCUT2D eigenvalue weighted by Gasteiger charge is 2.59. The molecule has 1 aromatic carbocycles. The third-order valence-electron chi connectivity index (χ3n) is 5.67. The lowest BCUT2D eigenvalue weighted by Crippen LogP contribution is -2.48. The van der Waals surface area contributed by atoms with Crippen LogP contribution in [0.5, 0.6) is 0 Å². The SMILES string of the molecule is CC(C)(C(=O)N1CCC2(CC1)CC2C(=O)O)c1ccc(Cl)cc1F. The first-order chi connectivity index (χ1) is 11.2. The minimum absolute atomic E-state index is 0.127. The first-order valence-corrected chi connectivity index (χ1v) is 8.53. The van der Waals surface area contributed by atoms with Crippen LogP contribution in [-0.2, 0) is 15.0 Å². The summed E-state index contributed by atoms with van der Waals surface area (Å²) in [5, 5.41) is 9.44. The Bertz CT molecular complexity index is 696. The van der Waals surface area contributed by atoms with Crippen LogP contribution in [0.1, 0.15) is 38.7 Å². The highest BCUT2D eigenvalue weighted by Crippen LogP contribution is 2.59. The molecule has 1 spiro atoms. The van der Waals surface area contributed by atoms with Gasteiger partial charge in [-0.05, 0) is 50.7 Å². The highest BCUT2D eigenvalue weighted by molar-refractivity contribution is 6.30. The van der Waals surface area contributed by atoms with Crippen LogP contribution in [-0.4, -0.2) is 35.0 Å². The van der Waals surface area contributed by atoms with E-state index in [4.69, 9.17) is 16.7 Å². The molecule has 0 bridgehead atoms. The van der Waals surface area contributed by atoms with Crippen molar-refractivity contribution in [1.82, 2.24) is 4.90 Å². The zero-order chi connectivity index (χ0) is 17.7. The number of likely N-dealkylation sites (tertiary alicyclic amines) is 1. The maximum atomic E-state index is 14.2. The van der Waals surface area contributed by atoms with Gasteiger partial charge in [0, 0.05) is 23.7 Å². The van der Waals surface area contributed by atoms with Gasteiger partial charge in [-0.15, -0.1) is 0 Å². The van der Waals surface area contributed by atoms with E-state index >= 15 is 0 Å². The van der Waals surface area contributed by atoms with Crippen molar-refractivity contribution >= 4 is 23.5 Å². The molecule has 0 radical (unpaired) electrons. The minimum atomic E-state index is -0.991. The van der Waals surface area contributed by atoms with Gasteiger partial charge in [0.1, 0.15) is 5.82 Å². The van der Waals surface area contributed by atoms with E-state index in [-0.39, 0.29) is 17.2 Å². The predicted molar refractivity (Wildman–Crippen MR) is 88.4 cm³/mol. The largest absolute Gasteiger partial charge is 0.481 e. The smallest absolute Gasteiger partial charge is 0.307 e. The van der Waals surface area contributed by atoms with Crippen molar-refractivity contribution in [3.05, 3.63) is 34.6 Å². The number of aliphatic carboxylic acids is 1. The molecule has 2 aliphatic rings. The van der Waals surface area contributed by atoms with E-state index in [0.717, 1.165) is 0 Å². The summed E-state index contributed by atoms with van der Waals surface area (Å²) in [4.78, 5) is 25.8. The fraction of sp³-hybridized carbons (Fsp3) is 0.556. The fourth-order valence-corrected chi connectivity index (χ4v) is 4.07. The number of rotatable bonds is 3. The normalized spacial score (nSPS) is 22.5. The molecular formula is C18H21ClFNO3. The second-order valence-corrected chi connectivity index (χ2v) is 7.94. The second-order valence-electron chi connectivity index (χ2n) is 7.50. The summed E-state index contributed by atoms with van der Waals surface area (Å²) in [7, 11) is 0. The van der Waals surface area contributed by atoms with Gasteiger partial charge >= 0.3 is 5.97 Å². The molecule has 1 unspecified atom stereocenters. The zero-order valence-electron chi connectivity index (χ0n) is 13.8. The van der Waals surface area contributed by atoms with E-state index in [2.05, 4.69) is 0 Å². The fourth-order valence-electron chi connectivity index (χ4n) is 3.91. The van der Waals surface area contributed by atoms with E-state index < -0.39 is 17.2 Å². The summed E-state index contributed by atoms with van der Waals surface area (Å²) in [5.74, 6) is -1.62. The number of carbonyl (C=O) groups is 2. The van der Waals surface area contributed by atoms with Gasteiger partial charge < -0.3 is 10.0 Å². The third-order valence-corrected chi connectivity index (χ3v) is 5.91. The molecule has 1 saturated heterocycles. The summed E-state index contributed by atoms with van der Waals surface area (Å²) in [6.07, 6.45) is 2.11. The third kappa shape index (κ3) is 2.79. The Balaban J connectivity index is 1.72. The van der Waals surface area contributed by atoms with Crippen LogP contribution in [0.4, 0.5) is 4.39 Å². The van der Waals surface area contributed by atoms with Crippen molar-refractivity contribution in [2.75, 3.05) is 13.1 Å². The maximum Gasteiger partial charge on any atom is 0.307 e. The molecule has 130 valence electrons. The molecule has 6 heteroatoms. The van der Waals surface area contributed by atoms with Gasteiger partial charge in [-0.3, -0.25) is 9.59 Å². The Morgan fingerprint density at radius 2 is 1.96 bits per heavy atom. The Labute approximate surface area is 145 Å². The number of carbonyl (C=O) groups excluding carboxylic acids is 1. The van der Waals surface area contributed by atoms with Gasteiger partial charge in [-0.25, -0.2) is 4.39 Å². The van der Waals surface area contributed by atoms with E-state index in [1.807, 2.05) is 0 Å². The van der Waals surface area contributed by atoms with Gasteiger partial charge in [0.15, 0.2) is 0 Å². The molecule has 24 heavy (non-hydrogen) atoms. The van der Waals surface area contributed by atoms with Gasteiger partial charge in [0.05, 0.1) is 11.3 Å². The standard InChI is InChI=1S/C18H21ClFNO3/c1-17(2,12-4-3-11(19)9-14(12)20)16(24)21-7-5-18(6-8-21)10-13(18)15(22)23/h3-4,9,13H,5-8,10H2,1-2H3,(H,22,23). The molecule has 0 aromatic heterocycles. The van der Waals surface area contributed by atoms with E-state index in [0.29, 0.717) is 42.9 Å². The van der Waals surface area contributed by atoms with E-state index in [1.54, 1.807) is 30.9 Å². The molecule has 1 aliphatic carbocycles. The van der Waals surface area contributed by atoms with Crippen LogP contribution in [0.3, 0.4) is 0 Å². The van der Waals surface area contributed by atoms with Crippen LogP contribution in [0.15, 0.2) is 18.2 Å². The molecule has 1 atom stereocenters. The van der Waals surface area contributed by atoms with Crippen molar-refractivity contribution in [3.63, 3.8) is 0 Å². The molecule has 2 fully saturated rings. The summed E-state index contributed by atoms with van der Waals surface area (Å²) >= 11 is 5.79. The second kappa shape index (κ2) is 5.73. The van der Waals surface area contributed by atoms with Crippen LogP contribution < -0.4 is 0 Å². The lowest BCUT2D eigenvalue weighted by molar-refractivity contribution is -0.140. The van der Waals surface area contributed by atoms with Crippen molar-refractivity contribution < 1.29 is 19.1 Å². The van der Waals surface area contributed by atoms with Crippen molar-refractivity contribution in [2.45, 2.75) is 38.5 Å². The number of hydrogen-bond acceptors (Lipinski definition) is 2. The molecule has 1 aromatic rings. The first kappa shape index (κ1) is 17.2. The summed E-state index contributed by atoms with van der Waals surface area (Å²) in [6.45, 7) is 4.48. The number of hydrogen-bond donors (Lipinski definition) is 1. The average Bonchev–Trinajstić information content (AvgIpc) is 3.21. The van der Waals surface area contributed by atoms with Gasteiger partial charge in [-0.1, -0.05) is 17.7 Å². The average molecular weight is 354 g/mol. The monoisotopic (exact) mass is 353 g/mol. The molecule has 1 aliphatic heterocycles. The van der Waals surface area contributed by atoms with Gasteiger partial charge in [-0.2, -0.15) is 0 Å². The van der Waals surface area contributed by atoms with E-state index in [9.17, 15) is 14.0 Å². The van der Waals surface area contributed by atoms with Crippen LogP contribution >= 0.6 is 11.6 Å². The van der Waals surface area contributed by atoms with Crippen molar-refractivity contribution in [1.29, 1.82) is 0 Å². The summed E-state index contributed by atoms with van der Waals surface area (Å²) in [6, 6.07) is 4.36. The number of nitrogens with zero attached hydrogens (tertiary/aromatic N) is 1. The molecule has 1 amide bonds. The molecule has 3 rings (SSSR count). The zero-order valence-corrected chi connectivity index (χ0v) is 14.6. The Morgan fingerprint density at radius 3 is 2.46 bits per heavy atom. The highest BCUT2D eigenvalue weighted by atomic mass is 35.5. The van der Waals surface area contributed by atoms with Gasteiger partial charge in [0.2, 0.25) is 5.91 Å². The maximum absolute atomic E-state index is 14.2. The van der Waals surface area contributed by atoms with Crippen molar-refractivity contribution in [2.24, 2.45) is 11.3 Å². The quantitative estimate of drug-likeness (QED) is 0.905. The van der Waals surface area contributed by atoms with Crippen LogP contribution in [0.25, 0.3) is 0 Å². The Kier molecular flexibility index (Phi) is 4.11. The Hall–Kier alpha value is -1.62. The number of amides is 1. The number of halogens is 2. The van der Waals surface area contributed by atoms with E-state index in [1.165, 1.54) is 6.07 Å². The topological polar surface area (TPSA) is 57.6 Å². The molecule has 1 saturated carbocycles. The Morgan fingerprint density at radius 1 is 1.33 bits per heavy atom. The molecule has 1 N–H and O–H groups in total. The number of carboxylic acids is 1. The molecule has 4 nitrogen and oxygen atoms in total. The predicted octanol–water partition coefficient (Wildman–Crippen LogP) is 3.47. The number of benzene rings is 1. The lowest BCUT2D eigenvalue weighted by atomic mass is 9.81. The lowest BCUT2D eigenvalue weighted by Gasteiger charge is -2.37. The van der Waals surface area contributed by atoms with Crippen LogP contribution in [0.2, 0.25) is 5.02 Å². The minimum Gasteiger partial charge on any atom is -0.481 e.